The maximum atomic E-state index is 13.0. The zero-order valence-corrected chi connectivity index (χ0v) is 13.0. The van der Waals surface area contributed by atoms with Gasteiger partial charge in [-0.05, 0) is 18.2 Å². The molecule has 1 N–H and O–H groups in total. The third kappa shape index (κ3) is 3.88. The van der Waals surface area contributed by atoms with Crippen LogP contribution in [0.15, 0.2) is 83.9 Å². The highest BCUT2D eigenvalue weighted by atomic mass is 19.4. The largest absolute Gasteiger partial charge is 0.506 e. The second-order valence-corrected chi connectivity index (χ2v) is 5.39. The van der Waals surface area contributed by atoms with E-state index in [0.717, 1.165) is 29.3 Å². The molecule has 0 unspecified atom stereocenters. The van der Waals surface area contributed by atoms with Crippen molar-refractivity contribution in [1.29, 1.82) is 0 Å². The molecule has 3 aromatic rings. The molecule has 0 fully saturated rings. The molecule has 0 bridgehead atoms. The first kappa shape index (κ1) is 16.8. The quantitative estimate of drug-likeness (QED) is 0.620. The van der Waals surface area contributed by atoms with Crippen molar-refractivity contribution in [3.05, 3.63) is 95.6 Å². The molecule has 0 aliphatic rings. The Morgan fingerprint density at radius 3 is 1.76 bits per heavy atom. The predicted molar refractivity (Wildman–Crippen MR) is 91.3 cm³/mol. The Morgan fingerprint density at radius 2 is 1.28 bits per heavy atom. The first-order valence-electron chi connectivity index (χ1n) is 7.55. The third-order valence-electron chi connectivity index (χ3n) is 3.63. The summed E-state index contributed by atoms with van der Waals surface area (Å²) in [5.74, 6) is -0.308. The molecule has 0 amide bonds. The van der Waals surface area contributed by atoms with Gasteiger partial charge >= 0.3 is 6.18 Å². The predicted octanol–water partition coefficient (Wildman–Crippen LogP) is 5.58. The lowest BCUT2D eigenvalue weighted by Gasteiger charge is -2.11. The van der Waals surface area contributed by atoms with Crippen molar-refractivity contribution in [2.75, 3.05) is 0 Å². The van der Waals surface area contributed by atoms with Crippen molar-refractivity contribution >= 4 is 11.4 Å². The SMILES string of the molecule is Oc1ccc(C(F)(F)F)cc1N=C(c1ccccc1)c1ccccc1. The van der Waals surface area contributed by atoms with Gasteiger partial charge in [0, 0.05) is 11.1 Å². The first-order chi connectivity index (χ1) is 11.9. The molecule has 2 nitrogen and oxygen atoms in total. The summed E-state index contributed by atoms with van der Waals surface area (Å²) in [6, 6.07) is 20.9. The van der Waals surface area contributed by atoms with E-state index < -0.39 is 11.7 Å². The second kappa shape index (κ2) is 6.81. The lowest BCUT2D eigenvalue weighted by Crippen LogP contribution is -2.05. The van der Waals surface area contributed by atoms with Crippen molar-refractivity contribution in [3.8, 4) is 5.75 Å². The zero-order valence-electron chi connectivity index (χ0n) is 13.0. The molecule has 0 aliphatic heterocycles. The second-order valence-electron chi connectivity index (χ2n) is 5.39. The van der Waals surface area contributed by atoms with E-state index in [9.17, 15) is 18.3 Å². The number of aromatic hydroxyl groups is 1. The molecule has 0 atom stereocenters. The molecule has 0 saturated heterocycles. The van der Waals surface area contributed by atoms with Gasteiger partial charge in [0.1, 0.15) is 11.4 Å². The molecular formula is C20H14F3NO. The van der Waals surface area contributed by atoms with Gasteiger partial charge < -0.3 is 5.11 Å². The number of aliphatic imine (C=N–C) groups is 1. The van der Waals surface area contributed by atoms with Crippen LogP contribution in [-0.4, -0.2) is 10.8 Å². The number of phenolic OH excluding ortho intramolecular Hbond substituents is 1. The summed E-state index contributed by atoms with van der Waals surface area (Å²) in [4.78, 5) is 4.34. The normalized spacial score (nSPS) is 11.2. The molecule has 25 heavy (non-hydrogen) atoms. The van der Waals surface area contributed by atoms with Gasteiger partial charge in [-0.2, -0.15) is 13.2 Å². The number of hydrogen-bond donors (Lipinski definition) is 1. The minimum atomic E-state index is -4.50. The van der Waals surface area contributed by atoms with Gasteiger partial charge in [-0.25, -0.2) is 4.99 Å². The molecule has 3 rings (SSSR count). The van der Waals surface area contributed by atoms with Crippen molar-refractivity contribution in [3.63, 3.8) is 0 Å². The Bertz CT molecular complexity index is 846. The van der Waals surface area contributed by atoms with E-state index in [0.29, 0.717) is 5.71 Å². The summed E-state index contributed by atoms with van der Waals surface area (Å²) >= 11 is 0. The summed E-state index contributed by atoms with van der Waals surface area (Å²) in [5, 5.41) is 9.97. The standard InChI is InChI=1S/C20H14F3NO/c21-20(22,23)16-11-12-18(25)17(13-16)24-19(14-7-3-1-4-8-14)15-9-5-2-6-10-15/h1-13,25H. The lowest BCUT2D eigenvalue weighted by atomic mass is 10.0. The Labute approximate surface area is 142 Å². The molecule has 0 radical (unpaired) electrons. The molecule has 5 heteroatoms. The van der Waals surface area contributed by atoms with Crippen LogP contribution in [0.4, 0.5) is 18.9 Å². The van der Waals surface area contributed by atoms with E-state index in [-0.39, 0.29) is 11.4 Å². The molecule has 3 aromatic carbocycles. The van der Waals surface area contributed by atoms with Crippen LogP contribution in [0.3, 0.4) is 0 Å². The fourth-order valence-electron chi connectivity index (χ4n) is 2.40. The molecule has 126 valence electrons. The molecular weight excluding hydrogens is 327 g/mol. The van der Waals surface area contributed by atoms with Gasteiger partial charge in [-0.1, -0.05) is 60.7 Å². The average Bonchev–Trinajstić information content (AvgIpc) is 2.61. The van der Waals surface area contributed by atoms with Crippen LogP contribution in [0.2, 0.25) is 0 Å². The van der Waals surface area contributed by atoms with Crippen LogP contribution >= 0.6 is 0 Å². The van der Waals surface area contributed by atoms with Crippen molar-refractivity contribution in [2.45, 2.75) is 6.18 Å². The third-order valence-corrected chi connectivity index (χ3v) is 3.63. The number of nitrogens with zero attached hydrogens (tertiary/aromatic N) is 1. The van der Waals surface area contributed by atoms with Crippen LogP contribution in [0.1, 0.15) is 16.7 Å². The Morgan fingerprint density at radius 1 is 0.760 bits per heavy atom. The topological polar surface area (TPSA) is 32.6 Å². The highest BCUT2D eigenvalue weighted by Crippen LogP contribution is 2.36. The van der Waals surface area contributed by atoms with E-state index in [4.69, 9.17) is 0 Å². The van der Waals surface area contributed by atoms with Gasteiger partial charge in [0.2, 0.25) is 0 Å². The minimum Gasteiger partial charge on any atom is -0.506 e. The number of benzene rings is 3. The highest BCUT2D eigenvalue weighted by molar-refractivity contribution is 6.14. The van der Waals surface area contributed by atoms with Gasteiger partial charge in [0.05, 0.1) is 11.3 Å². The smallest absolute Gasteiger partial charge is 0.416 e. The van der Waals surface area contributed by atoms with E-state index in [1.807, 2.05) is 60.7 Å². The Kier molecular flexibility index (Phi) is 4.57. The van der Waals surface area contributed by atoms with E-state index in [2.05, 4.69) is 4.99 Å². The van der Waals surface area contributed by atoms with Crippen LogP contribution in [0.25, 0.3) is 0 Å². The molecule has 0 saturated carbocycles. The monoisotopic (exact) mass is 341 g/mol. The first-order valence-corrected chi connectivity index (χ1v) is 7.55. The highest BCUT2D eigenvalue weighted by Gasteiger charge is 2.31. The fourth-order valence-corrected chi connectivity index (χ4v) is 2.40. The van der Waals surface area contributed by atoms with E-state index in [1.165, 1.54) is 0 Å². The van der Waals surface area contributed by atoms with Crippen molar-refractivity contribution in [1.82, 2.24) is 0 Å². The average molecular weight is 341 g/mol. The van der Waals surface area contributed by atoms with Crippen molar-refractivity contribution < 1.29 is 18.3 Å². The summed E-state index contributed by atoms with van der Waals surface area (Å²) < 4.78 is 38.9. The number of phenols is 1. The van der Waals surface area contributed by atoms with Crippen LogP contribution < -0.4 is 0 Å². The minimum absolute atomic E-state index is 0.127. The van der Waals surface area contributed by atoms with Gasteiger partial charge in [-0.3, -0.25) is 0 Å². The Hall–Kier alpha value is -3.08. The van der Waals surface area contributed by atoms with Crippen LogP contribution in [-0.2, 0) is 6.18 Å². The summed E-state index contributed by atoms with van der Waals surface area (Å²) in [6.45, 7) is 0. The summed E-state index contributed by atoms with van der Waals surface area (Å²) in [7, 11) is 0. The molecule has 0 aliphatic carbocycles. The maximum Gasteiger partial charge on any atom is 0.416 e. The van der Waals surface area contributed by atoms with E-state index >= 15 is 0 Å². The molecule has 0 heterocycles. The molecule has 0 spiro atoms. The summed E-state index contributed by atoms with van der Waals surface area (Å²) in [5.41, 5.74) is 0.980. The maximum absolute atomic E-state index is 13.0. The van der Waals surface area contributed by atoms with Gasteiger partial charge in [0.15, 0.2) is 0 Å². The lowest BCUT2D eigenvalue weighted by molar-refractivity contribution is -0.137. The Balaban J connectivity index is 2.17. The number of alkyl halides is 3. The van der Waals surface area contributed by atoms with Crippen LogP contribution in [0.5, 0.6) is 5.75 Å². The molecule has 0 aromatic heterocycles. The van der Waals surface area contributed by atoms with Crippen molar-refractivity contribution in [2.24, 2.45) is 4.99 Å². The summed E-state index contributed by atoms with van der Waals surface area (Å²) in [6.07, 6.45) is -4.50. The number of hydrogen-bond acceptors (Lipinski definition) is 2. The van der Waals surface area contributed by atoms with Gasteiger partial charge in [0.25, 0.3) is 0 Å². The number of halogens is 3. The number of rotatable bonds is 3. The fraction of sp³-hybridized carbons (Fsp3) is 0.0500. The van der Waals surface area contributed by atoms with Crippen LogP contribution in [0, 0.1) is 0 Å². The van der Waals surface area contributed by atoms with E-state index in [1.54, 1.807) is 0 Å². The van der Waals surface area contributed by atoms with Gasteiger partial charge in [-0.15, -0.1) is 0 Å². The zero-order chi connectivity index (χ0) is 17.9.